The van der Waals surface area contributed by atoms with Gasteiger partial charge in [0.25, 0.3) is 0 Å². The Balaban J connectivity index is 1.94. The average molecular weight is 241 g/mol. The number of anilines is 2. The number of fused-ring (bicyclic) bond motifs is 1. The molecule has 0 bridgehead atoms. The molecule has 1 unspecified atom stereocenters. The highest BCUT2D eigenvalue weighted by molar-refractivity contribution is 6.00. The van der Waals surface area contributed by atoms with Gasteiger partial charge in [0.15, 0.2) is 0 Å². The fraction of sp³-hybridized carbons (Fsp3) is 0.400. The summed E-state index contributed by atoms with van der Waals surface area (Å²) in [5.41, 5.74) is 7.96. The lowest BCUT2D eigenvalue weighted by Crippen LogP contribution is -2.30. The third-order valence-corrected chi connectivity index (χ3v) is 4.09. The maximum absolute atomic E-state index is 6.00. The van der Waals surface area contributed by atoms with Crippen LogP contribution in [-0.4, -0.2) is 11.0 Å². The number of nitrogens with zero attached hydrogens (tertiary/aromatic N) is 1. The van der Waals surface area contributed by atoms with Gasteiger partial charge in [-0.1, -0.05) is 6.42 Å². The standard InChI is InChI=1S/C15H19N3/c1-10(11-3-2-4-11)18-15-6-5-14(16)12-7-8-17-9-13(12)15/h5-11,18H,2-4,16H2,1H3. The maximum Gasteiger partial charge on any atom is 0.0439 e. The van der Waals surface area contributed by atoms with Crippen molar-refractivity contribution in [3.63, 3.8) is 0 Å². The molecule has 1 saturated carbocycles. The van der Waals surface area contributed by atoms with Gasteiger partial charge in [0, 0.05) is 40.6 Å². The van der Waals surface area contributed by atoms with Crippen molar-refractivity contribution in [1.82, 2.24) is 4.98 Å². The Morgan fingerprint density at radius 3 is 2.83 bits per heavy atom. The Bertz CT molecular complexity index is 561. The van der Waals surface area contributed by atoms with Crippen LogP contribution in [0.25, 0.3) is 10.8 Å². The summed E-state index contributed by atoms with van der Waals surface area (Å²) in [5, 5.41) is 5.81. The average Bonchev–Trinajstić information content (AvgIpc) is 2.31. The quantitative estimate of drug-likeness (QED) is 0.809. The second-order valence-electron chi connectivity index (χ2n) is 5.25. The van der Waals surface area contributed by atoms with Gasteiger partial charge in [0.1, 0.15) is 0 Å². The smallest absolute Gasteiger partial charge is 0.0439 e. The summed E-state index contributed by atoms with van der Waals surface area (Å²) in [6.07, 6.45) is 7.75. The third kappa shape index (κ3) is 1.90. The van der Waals surface area contributed by atoms with Gasteiger partial charge in [0.2, 0.25) is 0 Å². The van der Waals surface area contributed by atoms with Gasteiger partial charge in [-0.15, -0.1) is 0 Å². The Hall–Kier alpha value is -1.77. The number of aromatic nitrogens is 1. The normalized spacial score (nSPS) is 17.4. The van der Waals surface area contributed by atoms with Crippen molar-refractivity contribution in [3.8, 4) is 0 Å². The predicted molar refractivity (Wildman–Crippen MR) is 76.6 cm³/mol. The van der Waals surface area contributed by atoms with Crippen molar-refractivity contribution in [2.24, 2.45) is 5.92 Å². The molecule has 94 valence electrons. The fourth-order valence-corrected chi connectivity index (χ4v) is 2.64. The number of rotatable bonds is 3. The molecular weight excluding hydrogens is 222 g/mol. The van der Waals surface area contributed by atoms with E-state index in [-0.39, 0.29) is 0 Å². The minimum absolute atomic E-state index is 0.519. The monoisotopic (exact) mass is 241 g/mol. The zero-order valence-electron chi connectivity index (χ0n) is 10.7. The van der Waals surface area contributed by atoms with Crippen molar-refractivity contribution in [2.45, 2.75) is 32.2 Å². The first-order valence-electron chi connectivity index (χ1n) is 6.64. The Morgan fingerprint density at radius 2 is 2.11 bits per heavy atom. The summed E-state index contributed by atoms with van der Waals surface area (Å²) in [6, 6.07) is 6.53. The van der Waals surface area contributed by atoms with Crippen molar-refractivity contribution < 1.29 is 0 Å². The number of nitrogen functional groups attached to an aromatic ring is 1. The zero-order valence-corrected chi connectivity index (χ0v) is 10.7. The van der Waals surface area contributed by atoms with Gasteiger partial charge >= 0.3 is 0 Å². The summed E-state index contributed by atoms with van der Waals surface area (Å²) in [5.74, 6) is 0.814. The number of nitrogens with one attached hydrogen (secondary N) is 1. The number of hydrogen-bond acceptors (Lipinski definition) is 3. The first kappa shape index (κ1) is 11.3. The van der Waals surface area contributed by atoms with E-state index in [4.69, 9.17) is 5.73 Å². The molecule has 1 fully saturated rings. The summed E-state index contributed by atoms with van der Waals surface area (Å²) in [6.45, 7) is 2.27. The molecule has 2 aromatic rings. The lowest BCUT2D eigenvalue weighted by atomic mass is 9.80. The van der Waals surface area contributed by atoms with E-state index in [1.165, 1.54) is 19.3 Å². The minimum Gasteiger partial charge on any atom is -0.398 e. The molecule has 3 heteroatoms. The zero-order chi connectivity index (χ0) is 12.5. The first-order valence-corrected chi connectivity index (χ1v) is 6.64. The minimum atomic E-state index is 0.519. The SMILES string of the molecule is CC(Nc1ccc(N)c2ccncc12)C1CCC1. The molecule has 3 N–H and O–H groups in total. The molecule has 1 aliphatic rings. The summed E-state index contributed by atoms with van der Waals surface area (Å²) < 4.78 is 0. The molecule has 0 spiro atoms. The molecule has 1 aliphatic carbocycles. The van der Waals surface area contributed by atoms with Gasteiger partial charge in [-0.3, -0.25) is 4.98 Å². The third-order valence-electron chi connectivity index (χ3n) is 4.09. The van der Waals surface area contributed by atoms with E-state index in [9.17, 15) is 0 Å². The molecule has 3 rings (SSSR count). The van der Waals surface area contributed by atoms with Gasteiger partial charge < -0.3 is 11.1 Å². The van der Waals surface area contributed by atoms with Crippen LogP contribution in [0.1, 0.15) is 26.2 Å². The lowest BCUT2D eigenvalue weighted by molar-refractivity contribution is 0.285. The molecule has 1 heterocycles. The number of benzene rings is 1. The van der Waals surface area contributed by atoms with E-state index >= 15 is 0 Å². The highest BCUT2D eigenvalue weighted by Gasteiger charge is 2.24. The highest BCUT2D eigenvalue weighted by atomic mass is 14.9. The Morgan fingerprint density at radius 1 is 1.28 bits per heavy atom. The van der Waals surface area contributed by atoms with E-state index in [0.29, 0.717) is 6.04 Å². The topological polar surface area (TPSA) is 50.9 Å². The van der Waals surface area contributed by atoms with Crippen LogP contribution in [-0.2, 0) is 0 Å². The van der Waals surface area contributed by atoms with E-state index < -0.39 is 0 Å². The number of pyridine rings is 1. The van der Waals surface area contributed by atoms with Gasteiger partial charge in [-0.2, -0.15) is 0 Å². The number of nitrogens with two attached hydrogens (primary N) is 1. The number of hydrogen-bond donors (Lipinski definition) is 2. The summed E-state index contributed by atoms with van der Waals surface area (Å²) in [7, 11) is 0. The second kappa shape index (κ2) is 4.48. The van der Waals surface area contributed by atoms with E-state index in [1.807, 2.05) is 18.3 Å². The second-order valence-corrected chi connectivity index (χ2v) is 5.25. The van der Waals surface area contributed by atoms with E-state index in [1.54, 1.807) is 6.20 Å². The summed E-state index contributed by atoms with van der Waals surface area (Å²) >= 11 is 0. The molecular formula is C15H19N3. The Kier molecular flexibility index (Phi) is 2.82. The largest absolute Gasteiger partial charge is 0.398 e. The molecule has 0 amide bonds. The molecule has 0 aliphatic heterocycles. The molecule has 0 saturated heterocycles. The maximum atomic E-state index is 6.00. The van der Waals surface area contributed by atoms with Crippen molar-refractivity contribution in [2.75, 3.05) is 11.1 Å². The summed E-state index contributed by atoms with van der Waals surface area (Å²) in [4.78, 5) is 4.21. The lowest BCUT2D eigenvalue weighted by Gasteiger charge is -2.32. The van der Waals surface area contributed by atoms with Crippen LogP contribution in [0.5, 0.6) is 0 Å². The van der Waals surface area contributed by atoms with Crippen molar-refractivity contribution in [1.29, 1.82) is 0 Å². The molecule has 0 radical (unpaired) electrons. The highest BCUT2D eigenvalue weighted by Crippen LogP contribution is 2.33. The van der Waals surface area contributed by atoms with E-state index in [0.717, 1.165) is 28.1 Å². The first-order chi connectivity index (χ1) is 8.75. The van der Waals surface area contributed by atoms with Crippen LogP contribution in [0.3, 0.4) is 0 Å². The van der Waals surface area contributed by atoms with Crippen LogP contribution in [0, 0.1) is 5.92 Å². The van der Waals surface area contributed by atoms with E-state index in [2.05, 4.69) is 23.3 Å². The fourth-order valence-electron chi connectivity index (χ4n) is 2.64. The van der Waals surface area contributed by atoms with Crippen LogP contribution in [0.2, 0.25) is 0 Å². The van der Waals surface area contributed by atoms with Crippen LogP contribution < -0.4 is 11.1 Å². The Labute approximate surface area is 107 Å². The van der Waals surface area contributed by atoms with Crippen LogP contribution in [0.4, 0.5) is 11.4 Å². The molecule has 1 aromatic heterocycles. The predicted octanol–water partition coefficient (Wildman–Crippen LogP) is 3.42. The van der Waals surface area contributed by atoms with Crippen molar-refractivity contribution >= 4 is 22.1 Å². The van der Waals surface area contributed by atoms with Gasteiger partial charge in [-0.05, 0) is 43.9 Å². The molecule has 1 atom stereocenters. The molecule has 18 heavy (non-hydrogen) atoms. The van der Waals surface area contributed by atoms with Crippen LogP contribution >= 0.6 is 0 Å². The van der Waals surface area contributed by atoms with Gasteiger partial charge in [0.05, 0.1) is 0 Å². The molecule has 1 aromatic carbocycles. The molecule has 3 nitrogen and oxygen atoms in total. The van der Waals surface area contributed by atoms with Crippen molar-refractivity contribution in [3.05, 3.63) is 30.6 Å². The van der Waals surface area contributed by atoms with Crippen LogP contribution in [0.15, 0.2) is 30.6 Å². The van der Waals surface area contributed by atoms with Gasteiger partial charge in [-0.25, -0.2) is 0 Å².